The van der Waals surface area contributed by atoms with Crippen LogP contribution < -0.4 is 5.32 Å². The van der Waals surface area contributed by atoms with E-state index in [4.69, 9.17) is 0 Å². The van der Waals surface area contributed by atoms with Gasteiger partial charge in [-0.05, 0) is 35.9 Å². The SMILES string of the molecule is Cc1ccccc1C(=O)N[C@@H](C(=O)N1CCN(Cc2cccs2)CC1)C(C)C. The van der Waals surface area contributed by atoms with Gasteiger partial charge in [-0.1, -0.05) is 38.1 Å². The molecule has 1 aliphatic heterocycles. The molecule has 150 valence electrons. The molecule has 1 N–H and O–H groups in total. The molecular formula is C22H29N3O2S. The van der Waals surface area contributed by atoms with Gasteiger partial charge in [0.2, 0.25) is 5.91 Å². The van der Waals surface area contributed by atoms with E-state index in [1.807, 2.05) is 43.9 Å². The van der Waals surface area contributed by atoms with Crippen LogP contribution in [-0.2, 0) is 11.3 Å². The van der Waals surface area contributed by atoms with Crippen LogP contribution in [0.5, 0.6) is 0 Å². The lowest BCUT2D eigenvalue weighted by atomic mass is 10.0. The van der Waals surface area contributed by atoms with Gasteiger partial charge < -0.3 is 10.2 Å². The van der Waals surface area contributed by atoms with E-state index in [-0.39, 0.29) is 17.7 Å². The van der Waals surface area contributed by atoms with E-state index in [2.05, 4.69) is 27.7 Å². The van der Waals surface area contributed by atoms with Crippen molar-refractivity contribution in [1.29, 1.82) is 0 Å². The van der Waals surface area contributed by atoms with Crippen LogP contribution in [0.25, 0.3) is 0 Å². The quantitative estimate of drug-likeness (QED) is 0.812. The highest BCUT2D eigenvalue weighted by molar-refractivity contribution is 7.09. The highest BCUT2D eigenvalue weighted by Crippen LogP contribution is 2.16. The third-order valence-electron chi connectivity index (χ3n) is 5.25. The van der Waals surface area contributed by atoms with E-state index in [9.17, 15) is 9.59 Å². The van der Waals surface area contributed by atoms with Crippen LogP contribution in [0.15, 0.2) is 41.8 Å². The first-order chi connectivity index (χ1) is 13.5. The summed E-state index contributed by atoms with van der Waals surface area (Å²) in [5.41, 5.74) is 1.54. The van der Waals surface area contributed by atoms with Gasteiger partial charge in [0.1, 0.15) is 6.04 Å². The number of hydrogen-bond donors (Lipinski definition) is 1. The molecule has 1 aromatic carbocycles. The molecule has 0 saturated carbocycles. The second-order valence-electron chi connectivity index (χ2n) is 7.69. The average Bonchev–Trinajstić information content (AvgIpc) is 3.19. The van der Waals surface area contributed by atoms with Gasteiger partial charge in [-0.25, -0.2) is 0 Å². The lowest BCUT2D eigenvalue weighted by Crippen LogP contribution is -2.56. The fraction of sp³-hybridized carbons (Fsp3) is 0.455. The Bertz CT molecular complexity index is 796. The Morgan fingerprint density at radius 3 is 2.39 bits per heavy atom. The molecule has 1 aliphatic rings. The molecule has 5 nitrogen and oxygen atoms in total. The van der Waals surface area contributed by atoms with E-state index in [0.717, 1.165) is 25.2 Å². The number of thiophene rings is 1. The summed E-state index contributed by atoms with van der Waals surface area (Å²) in [5.74, 6) is -0.126. The molecule has 1 saturated heterocycles. The standard InChI is InChI=1S/C22H29N3O2S/c1-16(2)20(23-21(26)19-9-5-4-7-17(19)3)22(27)25-12-10-24(11-13-25)15-18-8-6-14-28-18/h4-9,14,16,20H,10-13,15H2,1-3H3,(H,23,26)/t20-/m1/s1. The molecule has 2 amide bonds. The smallest absolute Gasteiger partial charge is 0.252 e. The molecule has 0 radical (unpaired) electrons. The summed E-state index contributed by atoms with van der Waals surface area (Å²) in [7, 11) is 0. The molecule has 0 aliphatic carbocycles. The van der Waals surface area contributed by atoms with Crippen molar-refractivity contribution in [3.63, 3.8) is 0 Å². The Kier molecular flexibility index (Phi) is 6.86. The van der Waals surface area contributed by atoms with Gasteiger partial charge in [-0.2, -0.15) is 0 Å². The first kappa shape index (κ1) is 20.6. The van der Waals surface area contributed by atoms with Crippen LogP contribution in [0.1, 0.15) is 34.6 Å². The summed E-state index contributed by atoms with van der Waals surface area (Å²) < 4.78 is 0. The summed E-state index contributed by atoms with van der Waals surface area (Å²) in [4.78, 5) is 31.4. The molecule has 28 heavy (non-hydrogen) atoms. The number of piperazine rings is 1. The van der Waals surface area contributed by atoms with Crippen LogP contribution in [0, 0.1) is 12.8 Å². The molecule has 3 rings (SSSR count). The average molecular weight is 400 g/mol. The highest BCUT2D eigenvalue weighted by Gasteiger charge is 2.31. The minimum absolute atomic E-state index is 0.0210. The molecule has 0 unspecified atom stereocenters. The minimum Gasteiger partial charge on any atom is -0.340 e. The molecule has 2 aromatic rings. The zero-order valence-corrected chi connectivity index (χ0v) is 17.7. The Hall–Kier alpha value is -2.18. The number of carbonyl (C=O) groups is 2. The maximum Gasteiger partial charge on any atom is 0.252 e. The molecular weight excluding hydrogens is 370 g/mol. The summed E-state index contributed by atoms with van der Waals surface area (Å²) in [6.45, 7) is 9.94. The van der Waals surface area contributed by atoms with Gasteiger partial charge in [0.15, 0.2) is 0 Å². The topological polar surface area (TPSA) is 52.7 Å². The van der Waals surface area contributed by atoms with Crippen molar-refractivity contribution in [1.82, 2.24) is 15.1 Å². The van der Waals surface area contributed by atoms with E-state index in [1.165, 1.54) is 4.88 Å². The zero-order valence-electron chi connectivity index (χ0n) is 16.9. The summed E-state index contributed by atoms with van der Waals surface area (Å²) in [5, 5.41) is 5.07. The number of nitrogens with zero attached hydrogens (tertiary/aromatic N) is 2. The summed E-state index contributed by atoms with van der Waals surface area (Å²) in [6.07, 6.45) is 0. The van der Waals surface area contributed by atoms with Crippen molar-refractivity contribution in [2.24, 2.45) is 5.92 Å². The Morgan fingerprint density at radius 2 is 1.79 bits per heavy atom. The number of rotatable bonds is 6. The van der Waals surface area contributed by atoms with Gasteiger partial charge in [0.05, 0.1) is 0 Å². The predicted molar refractivity (Wildman–Crippen MR) is 113 cm³/mol. The Labute approximate surface area is 171 Å². The highest BCUT2D eigenvalue weighted by atomic mass is 32.1. The van der Waals surface area contributed by atoms with E-state index >= 15 is 0 Å². The van der Waals surface area contributed by atoms with Crippen LogP contribution in [0.2, 0.25) is 0 Å². The monoisotopic (exact) mass is 399 g/mol. The molecule has 0 bridgehead atoms. The van der Waals surface area contributed by atoms with Crippen molar-refractivity contribution >= 4 is 23.2 Å². The van der Waals surface area contributed by atoms with Crippen LogP contribution in [0.3, 0.4) is 0 Å². The van der Waals surface area contributed by atoms with Crippen molar-refractivity contribution in [2.45, 2.75) is 33.4 Å². The normalized spacial score (nSPS) is 16.2. The van der Waals surface area contributed by atoms with Gasteiger partial charge >= 0.3 is 0 Å². The Morgan fingerprint density at radius 1 is 1.07 bits per heavy atom. The van der Waals surface area contributed by atoms with Gasteiger partial charge in [-0.3, -0.25) is 14.5 Å². The Balaban J connectivity index is 1.59. The maximum atomic E-state index is 13.1. The van der Waals surface area contributed by atoms with Crippen molar-refractivity contribution in [2.75, 3.05) is 26.2 Å². The molecule has 1 aromatic heterocycles. The first-order valence-electron chi connectivity index (χ1n) is 9.85. The molecule has 1 fully saturated rings. The summed E-state index contributed by atoms with van der Waals surface area (Å²) >= 11 is 1.77. The molecule has 1 atom stereocenters. The van der Waals surface area contributed by atoms with Crippen LogP contribution in [0.4, 0.5) is 0 Å². The molecule has 6 heteroatoms. The summed E-state index contributed by atoms with van der Waals surface area (Å²) in [6, 6.07) is 11.2. The minimum atomic E-state index is -0.504. The third-order valence-corrected chi connectivity index (χ3v) is 6.11. The zero-order chi connectivity index (χ0) is 20.1. The van der Waals surface area contributed by atoms with E-state index in [0.29, 0.717) is 18.7 Å². The maximum absolute atomic E-state index is 13.1. The fourth-order valence-corrected chi connectivity index (χ4v) is 4.25. The molecule has 2 heterocycles. The number of benzene rings is 1. The van der Waals surface area contributed by atoms with E-state index in [1.54, 1.807) is 17.4 Å². The largest absolute Gasteiger partial charge is 0.340 e. The fourth-order valence-electron chi connectivity index (χ4n) is 3.51. The van der Waals surface area contributed by atoms with Crippen molar-refractivity contribution in [3.8, 4) is 0 Å². The molecule has 0 spiro atoms. The second-order valence-corrected chi connectivity index (χ2v) is 8.72. The van der Waals surface area contributed by atoms with Gasteiger partial charge in [0.25, 0.3) is 5.91 Å². The van der Waals surface area contributed by atoms with Crippen LogP contribution >= 0.6 is 11.3 Å². The lowest BCUT2D eigenvalue weighted by molar-refractivity contribution is -0.136. The van der Waals surface area contributed by atoms with Crippen LogP contribution in [-0.4, -0.2) is 53.8 Å². The van der Waals surface area contributed by atoms with Crippen molar-refractivity contribution in [3.05, 3.63) is 57.8 Å². The third kappa shape index (κ3) is 5.00. The van der Waals surface area contributed by atoms with Gasteiger partial charge in [0, 0.05) is 43.2 Å². The van der Waals surface area contributed by atoms with Gasteiger partial charge in [-0.15, -0.1) is 11.3 Å². The predicted octanol–water partition coefficient (Wildman–Crippen LogP) is 3.16. The number of carbonyl (C=O) groups excluding carboxylic acids is 2. The second kappa shape index (κ2) is 9.34. The number of hydrogen-bond acceptors (Lipinski definition) is 4. The number of amides is 2. The first-order valence-corrected chi connectivity index (χ1v) is 10.7. The van der Waals surface area contributed by atoms with Crippen molar-refractivity contribution < 1.29 is 9.59 Å². The van der Waals surface area contributed by atoms with E-state index < -0.39 is 6.04 Å². The number of nitrogens with one attached hydrogen (secondary N) is 1. The number of aryl methyl sites for hydroxylation is 1. The lowest BCUT2D eigenvalue weighted by Gasteiger charge is -2.37.